The zero-order valence-corrected chi connectivity index (χ0v) is 17.7. The molecule has 0 spiro atoms. The fraction of sp³-hybridized carbons (Fsp3) is 0.480. The Morgan fingerprint density at radius 2 is 1.83 bits per heavy atom. The Labute approximate surface area is 177 Å². The maximum absolute atomic E-state index is 13.7. The molecule has 2 aliphatic rings. The third-order valence-corrected chi connectivity index (χ3v) is 6.41. The van der Waals surface area contributed by atoms with Crippen LogP contribution in [-0.4, -0.2) is 41.2 Å². The number of carbonyl (C=O) groups is 1. The monoisotopic (exact) mass is 411 g/mol. The van der Waals surface area contributed by atoms with Crippen LogP contribution < -0.4 is 4.74 Å². The number of aryl methyl sites for hydroxylation is 2. The van der Waals surface area contributed by atoms with Gasteiger partial charge in [-0.25, -0.2) is 4.39 Å². The van der Waals surface area contributed by atoms with Crippen LogP contribution in [-0.2, 0) is 6.42 Å². The van der Waals surface area contributed by atoms with Crippen molar-refractivity contribution in [3.8, 4) is 5.75 Å². The second-order valence-corrected chi connectivity index (χ2v) is 8.84. The smallest absolute Gasteiger partial charge is 0.253 e. The van der Waals surface area contributed by atoms with Gasteiger partial charge in [0.2, 0.25) is 0 Å². The highest BCUT2D eigenvalue weighted by atomic mass is 19.1. The average molecular weight is 412 g/mol. The summed E-state index contributed by atoms with van der Waals surface area (Å²) in [7, 11) is 0. The summed E-state index contributed by atoms with van der Waals surface area (Å²) in [6.07, 6.45) is 2.67. The van der Waals surface area contributed by atoms with E-state index in [0.717, 1.165) is 24.2 Å². The van der Waals surface area contributed by atoms with Gasteiger partial charge < -0.3 is 14.7 Å². The predicted octanol–water partition coefficient (Wildman–Crippen LogP) is 4.38. The molecule has 2 aromatic rings. The first-order chi connectivity index (χ1) is 14.4. The van der Waals surface area contributed by atoms with Crippen LogP contribution in [0.3, 0.4) is 0 Å². The summed E-state index contributed by atoms with van der Waals surface area (Å²) in [4.78, 5) is 14.7. The molecule has 4 atom stereocenters. The Balaban J connectivity index is 1.40. The molecule has 1 aliphatic heterocycles. The Kier molecular flexibility index (Phi) is 6.09. The van der Waals surface area contributed by atoms with Gasteiger partial charge in [0, 0.05) is 18.7 Å². The SMILES string of the molecule is CCCc1ccc(O[C@@H]2C[C@@H]3CN(C(=O)c4cc(C)cc(F)c4)C[C@@H]3C[C@H]2O)cc1. The average Bonchev–Trinajstić information content (AvgIpc) is 3.11. The summed E-state index contributed by atoms with van der Waals surface area (Å²) in [5.41, 5.74) is 2.42. The van der Waals surface area contributed by atoms with Crippen LogP contribution in [0.1, 0.15) is 47.7 Å². The first-order valence-corrected chi connectivity index (χ1v) is 10.9. The zero-order chi connectivity index (χ0) is 21.3. The summed E-state index contributed by atoms with van der Waals surface area (Å²) >= 11 is 0. The Morgan fingerprint density at radius 1 is 1.13 bits per heavy atom. The van der Waals surface area contributed by atoms with Gasteiger partial charge in [0.05, 0.1) is 6.10 Å². The van der Waals surface area contributed by atoms with E-state index >= 15 is 0 Å². The number of hydrogen-bond donors (Lipinski definition) is 1. The van der Waals surface area contributed by atoms with Crippen LogP contribution in [0.4, 0.5) is 4.39 Å². The number of likely N-dealkylation sites (tertiary alicyclic amines) is 1. The van der Waals surface area contributed by atoms with Crippen molar-refractivity contribution in [3.63, 3.8) is 0 Å². The van der Waals surface area contributed by atoms with Crippen LogP contribution in [0.15, 0.2) is 42.5 Å². The molecule has 0 bridgehead atoms. The maximum atomic E-state index is 13.7. The summed E-state index contributed by atoms with van der Waals surface area (Å²) in [5, 5.41) is 10.7. The van der Waals surface area contributed by atoms with Gasteiger partial charge in [-0.15, -0.1) is 0 Å². The molecule has 1 amide bonds. The summed E-state index contributed by atoms with van der Waals surface area (Å²) in [6.45, 7) is 5.18. The number of hydrogen-bond acceptors (Lipinski definition) is 3. The van der Waals surface area contributed by atoms with E-state index in [1.165, 1.54) is 17.7 Å². The van der Waals surface area contributed by atoms with Crippen molar-refractivity contribution in [1.29, 1.82) is 0 Å². The van der Waals surface area contributed by atoms with E-state index in [1.807, 2.05) is 12.1 Å². The molecule has 2 fully saturated rings. The Morgan fingerprint density at radius 3 is 2.50 bits per heavy atom. The highest BCUT2D eigenvalue weighted by Gasteiger charge is 2.44. The summed E-state index contributed by atoms with van der Waals surface area (Å²) in [5.74, 6) is 0.801. The number of benzene rings is 2. The van der Waals surface area contributed by atoms with Gasteiger partial charge in [-0.3, -0.25) is 4.79 Å². The van der Waals surface area contributed by atoms with Crippen molar-refractivity contribution in [2.75, 3.05) is 13.1 Å². The zero-order valence-electron chi connectivity index (χ0n) is 17.7. The normalized spacial score (nSPS) is 25.8. The number of nitrogens with zero attached hydrogens (tertiary/aromatic N) is 1. The standard InChI is InChI=1S/C25H30FNO3/c1-3-4-17-5-7-22(8-6-17)30-24-13-20-15-27(14-19(20)12-23(24)28)25(29)18-9-16(2)10-21(26)11-18/h5-11,19-20,23-24,28H,3-4,12-15H2,1-2H3/t19-,20+,23+,24+/m0/s1. The van der Waals surface area contributed by atoms with E-state index in [2.05, 4.69) is 19.1 Å². The molecule has 4 rings (SSSR count). The minimum absolute atomic E-state index is 0.134. The van der Waals surface area contributed by atoms with E-state index in [9.17, 15) is 14.3 Å². The second kappa shape index (κ2) is 8.76. The Bertz CT molecular complexity index is 878. The molecule has 30 heavy (non-hydrogen) atoms. The van der Waals surface area contributed by atoms with Crippen molar-refractivity contribution in [2.24, 2.45) is 11.8 Å². The molecule has 1 aliphatic carbocycles. The fourth-order valence-corrected chi connectivity index (χ4v) is 4.92. The van der Waals surface area contributed by atoms with Gasteiger partial charge in [0.25, 0.3) is 5.91 Å². The fourth-order valence-electron chi connectivity index (χ4n) is 4.92. The molecule has 160 valence electrons. The van der Waals surface area contributed by atoms with Gasteiger partial charge in [-0.2, -0.15) is 0 Å². The molecule has 0 aromatic heterocycles. The van der Waals surface area contributed by atoms with Crippen LogP contribution in [0.5, 0.6) is 5.75 Å². The molecule has 1 saturated heterocycles. The van der Waals surface area contributed by atoms with E-state index < -0.39 is 6.10 Å². The van der Waals surface area contributed by atoms with Crippen molar-refractivity contribution >= 4 is 5.91 Å². The highest BCUT2D eigenvalue weighted by Crippen LogP contribution is 2.38. The lowest BCUT2D eigenvalue weighted by Crippen LogP contribution is -2.42. The minimum Gasteiger partial charge on any atom is -0.488 e. The Hall–Kier alpha value is -2.40. The first-order valence-electron chi connectivity index (χ1n) is 10.9. The topological polar surface area (TPSA) is 49.8 Å². The molecular formula is C25H30FNO3. The third-order valence-electron chi connectivity index (χ3n) is 6.41. The van der Waals surface area contributed by atoms with Crippen LogP contribution >= 0.6 is 0 Å². The van der Waals surface area contributed by atoms with E-state index in [0.29, 0.717) is 31.5 Å². The minimum atomic E-state index is -0.548. The number of aliphatic hydroxyl groups excluding tert-OH is 1. The number of ether oxygens (including phenoxy) is 1. The van der Waals surface area contributed by atoms with E-state index in [1.54, 1.807) is 17.9 Å². The molecular weight excluding hydrogens is 381 g/mol. The van der Waals surface area contributed by atoms with Gasteiger partial charge in [0.1, 0.15) is 17.7 Å². The predicted molar refractivity (Wildman–Crippen MR) is 114 cm³/mol. The molecule has 1 heterocycles. The van der Waals surface area contributed by atoms with Crippen molar-refractivity contribution in [1.82, 2.24) is 4.90 Å². The molecule has 2 aromatic carbocycles. The van der Waals surface area contributed by atoms with Gasteiger partial charge in [0.15, 0.2) is 0 Å². The molecule has 0 radical (unpaired) electrons. The van der Waals surface area contributed by atoms with Crippen LogP contribution in [0.25, 0.3) is 0 Å². The second-order valence-electron chi connectivity index (χ2n) is 8.84. The number of carbonyl (C=O) groups excluding carboxylic acids is 1. The van der Waals surface area contributed by atoms with Gasteiger partial charge >= 0.3 is 0 Å². The largest absolute Gasteiger partial charge is 0.488 e. The first kappa shape index (κ1) is 20.9. The quantitative estimate of drug-likeness (QED) is 0.795. The van der Waals surface area contributed by atoms with Crippen LogP contribution in [0.2, 0.25) is 0 Å². The van der Waals surface area contributed by atoms with Crippen molar-refractivity contribution < 1.29 is 19.0 Å². The molecule has 0 unspecified atom stereocenters. The molecule has 4 nitrogen and oxygen atoms in total. The number of aliphatic hydroxyl groups is 1. The van der Waals surface area contributed by atoms with Crippen LogP contribution in [0, 0.1) is 24.6 Å². The van der Waals surface area contributed by atoms with E-state index in [-0.39, 0.29) is 29.7 Å². The lowest BCUT2D eigenvalue weighted by Gasteiger charge is -2.35. The summed E-state index contributed by atoms with van der Waals surface area (Å²) in [6, 6.07) is 12.6. The van der Waals surface area contributed by atoms with Crippen molar-refractivity contribution in [3.05, 3.63) is 65.0 Å². The van der Waals surface area contributed by atoms with E-state index in [4.69, 9.17) is 4.74 Å². The lowest BCUT2D eigenvalue weighted by atomic mass is 9.78. The van der Waals surface area contributed by atoms with Gasteiger partial charge in [-0.05, 0) is 79.5 Å². The maximum Gasteiger partial charge on any atom is 0.253 e. The molecule has 1 N–H and O–H groups in total. The highest BCUT2D eigenvalue weighted by molar-refractivity contribution is 5.94. The lowest BCUT2D eigenvalue weighted by molar-refractivity contribution is -0.0231. The number of fused-ring (bicyclic) bond motifs is 1. The number of rotatable bonds is 5. The number of amides is 1. The van der Waals surface area contributed by atoms with Gasteiger partial charge in [-0.1, -0.05) is 25.5 Å². The third kappa shape index (κ3) is 4.51. The summed E-state index contributed by atoms with van der Waals surface area (Å²) < 4.78 is 19.8. The number of halogens is 1. The van der Waals surface area contributed by atoms with Crippen molar-refractivity contribution in [2.45, 2.75) is 51.7 Å². The molecule has 1 saturated carbocycles. The molecule has 5 heteroatoms.